The van der Waals surface area contributed by atoms with Gasteiger partial charge in [-0.05, 0) is 56.7 Å². The number of hydrogen-bond acceptors (Lipinski definition) is 3. The average molecular weight is 279 g/mol. The quantitative estimate of drug-likeness (QED) is 0.620. The van der Waals surface area contributed by atoms with Crippen LogP contribution in [0.3, 0.4) is 0 Å². The molecule has 3 nitrogen and oxygen atoms in total. The molecule has 3 aromatic rings. The molecule has 0 unspecified atom stereocenters. The fraction of sp³-hybridized carbons (Fsp3) is 0.167. The third-order valence-electron chi connectivity index (χ3n) is 2.44. The molecule has 0 aliphatic rings. The maximum atomic E-state index is 4.08. The predicted octanol–water partition coefficient (Wildman–Crippen LogP) is 4.17. The van der Waals surface area contributed by atoms with E-state index in [9.17, 15) is 0 Å². The zero-order chi connectivity index (χ0) is 15.3. The summed E-state index contributed by atoms with van der Waals surface area (Å²) in [5.41, 5.74) is 3.37. The molecule has 0 amide bonds. The summed E-state index contributed by atoms with van der Waals surface area (Å²) in [7, 11) is 0. The summed E-state index contributed by atoms with van der Waals surface area (Å²) in [6.45, 7) is 5.99. The first-order chi connectivity index (χ1) is 10.2. The van der Waals surface area contributed by atoms with Crippen LogP contribution in [-0.2, 0) is 0 Å². The van der Waals surface area contributed by atoms with E-state index < -0.39 is 0 Å². The van der Waals surface area contributed by atoms with Gasteiger partial charge in [0.25, 0.3) is 0 Å². The molecule has 0 fully saturated rings. The van der Waals surface area contributed by atoms with Gasteiger partial charge in [0.2, 0.25) is 0 Å². The summed E-state index contributed by atoms with van der Waals surface area (Å²) in [5.74, 6) is 0. The second kappa shape index (κ2) is 10.3. The molecule has 0 aliphatic carbocycles. The van der Waals surface area contributed by atoms with Crippen molar-refractivity contribution >= 4 is 0 Å². The molecule has 21 heavy (non-hydrogen) atoms. The lowest BCUT2D eigenvalue weighted by Gasteiger charge is -1.89. The van der Waals surface area contributed by atoms with Crippen LogP contribution in [0.5, 0.6) is 0 Å². The Morgan fingerprint density at radius 1 is 0.619 bits per heavy atom. The first-order valence-electron chi connectivity index (χ1n) is 6.80. The van der Waals surface area contributed by atoms with Crippen LogP contribution in [0.4, 0.5) is 0 Å². The Morgan fingerprint density at radius 2 is 1.29 bits per heavy atom. The van der Waals surface area contributed by atoms with Crippen molar-refractivity contribution in [1.29, 1.82) is 0 Å². The Labute approximate surface area is 126 Å². The molecule has 0 N–H and O–H groups in total. The van der Waals surface area contributed by atoms with E-state index in [4.69, 9.17) is 0 Å². The molecule has 3 heterocycles. The summed E-state index contributed by atoms with van der Waals surface area (Å²) in [4.78, 5) is 11.8. The lowest BCUT2D eigenvalue weighted by Crippen LogP contribution is -1.78. The topological polar surface area (TPSA) is 38.7 Å². The third-order valence-corrected chi connectivity index (χ3v) is 2.44. The lowest BCUT2D eigenvalue weighted by molar-refractivity contribution is 1.17. The van der Waals surface area contributed by atoms with Gasteiger partial charge in [0.15, 0.2) is 0 Å². The number of aromatic nitrogens is 3. The summed E-state index contributed by atoms with van der Waals surface area (Å²) in [5, 5.41) is 0. The highest BCUT2D eigenvalue weighted by atomic mass is 14.7. The van der Waals surface area contributed by atoms with Crippen molar-refractivity contribution in [2.75, 3.05) is 0 Å². The SMILES string of the molecule is Cc1ccc(C)nc1.Cc1ccccn1.c1ccncc1. The van der Waals surface area contributed by atoms with Crippen LogP contribution in [0, 0.1) is 20.8 Å². The number of pyridine rings is 3. The van der Waals surface area contributed by atoms with E-state index in [0.717, 1.165) is 11.4 Å². The molecular formula is C18H21N3. The van der Waals surface area contributed by atoms with Crippen LogP contribution in [0.2, 0.25) is 0 Å². The van der Waals surface area contributed by atoms with E-state index in [1.165, 1.54) is 5.56 Å². The van der Waals surface area contributed by atoms with E-state index in [2.05, 4.69) is 21.0 Å². The van der Waals surface area contributed by atoms with E-state index in [1.807, 2.05) is 69.4 Å². The van der Waals surface area contributed by atoms with Crippen molar-refractivity contribution in [3.8, 4) is 0 Å². The van der Waals surface area contributed by atoms with Crippen molar-refractivity contribution in [3.63, 3.8) is 0 Å². The fourth-order valence-electron chi connectivity index (χ4n) is 1.30. The van der Waals surface area contributed by atoms with Gasteiger partial charge in [0.05, 0.1) is 0 Å². The molecule has 0 saturated carbocycles. The third kappa shape index (κ3) is 9.05. The van der Waals surface area contributed by atoms with Gasteiger partial charge in [0, 0.05) is 36.2 Å². The van der Waals surface area contributed by atoms with E-state index in [1.54, 1.807) is 18.6 Å². The van der Waals surface area contributed by atoms with Gasteiger partial charge in [-0.1, -0.05) is 18.2 Å². The molecule has 0 radical (unpaired) electrons. The molecule has 3 rings (SSSR count). The highest BCUT2D eigenvalue weighted by Crippen LogP contribution is 1.94. The van der Waals surface area contributed by atoms with Gasteiger partial charge in [-0.2, -0.15) is 0 Å². The van der Waals surface area contributed by atoms with Crippen LogP contribution in [-0.4, -0.2) is 15.0 Å². The monoisotopic (exact) mass is 279 g/mol. The molecule has 0 aliphatic heterocycles. The molecule has 0 saturated heterocycles. The second-order valence-corrected chi connectivity index (χ2v) is 4.47. The predicted molar refractivity (Wildman–Crippen MR) is 86.9 cm³/mol. The smallest absolute Gasteiger partial charge is 0.0372 e. The van der Waals surface area contributed by atoms with Crippen LogP contribution >= 0.6 is 0 Å². The number of rotatable bonds is 0. The number of nitrogens with zero attached hydrogens (tertiary/aromatic N) is 3. The molecule has 3 heteroatoms. The number of aryl methyl sites for hydroxylation is 3. The standard InChI is InChI=1S/C7H9N.C6H7N.C5H5N/c1-6-3-4-7(2)8-5-6;1-6-4-2-3-5-7-6;1-2-4-6-5-3-1/h3-5H,1-2H3;2-5H,1H3;1-5H. The van der Waals surface area contributed by atoms with Crippen molar-refractivity contribution < 1.29 is 0 Å². The highest BCUT2D eigenvalue weighted by molar-refractivity contribution is 5.10. The Hall–Kier alpha value is -2.55. The van der Waals surface area contributed by atoms with Gasteiger partial charge in [-0.15, -0.1) is 0 Å². The Morgan fingerprint density at radius 3 is 1.57 bits per heavy atom. The minimum absolute atomic E-state index is 1.07. The van der Waals surface area contributed by atoms with Crippen LogP contribution in [0.15, 0.2) is 73.3 Å². The van der Waals surface area contributed by atoms with Gasteiger partial charge in [-0.3, -0.25) is 15.0 Å². The first-order valence-corrected chi connectivity index (χ1v) is 6.80. The molecule has 0 spiro atoms. The maximum absolute atomic E-state index is 4.08. The summed E-state index contributed by atoms with van der Waals surface area (Å²) >= 11 is 0. The number of hydrogen-bond donors (Lipinski definition) is 0. The van der Waals surface area contributed by atoms with Gasteiger partial charge in [-0.25, -0.2) is 0 Å². The van der Waals surface area contributed by atoms with Crippen molar-refractivity contribution in [3.05, 3.63) is 90.3 Å². The van der Waals surface area contributed by atoms with E-state index >= 15 is 0 Å². The largest absolute Gasteiger partial charge is 0.265 e. The molecule has 0 atom stereocenters. The van der Waals surface area contributed by atoms with Gasteiger partial charge in [0.1, 0.15) is 0 Å². The van der Waals surface area contributed by atoms with Crippen molar-refractivity contribution in [1.82, 2.24) is 15.0 Å². The van der Waals surface area contributed by atoms with Crippen LogP contribution in [0.1, 0.15) is 17.0 Å². The second-order valence-electron chi connectivity index (χ2n) is 4.47. The van der Waals surface area contributed by atoms with E-state index in [-0.39, 0.29) is 0 Å². The Kier molecular flexibility index (Phi) is 8.07. The van der Waals surface area contributed by atoms with Crippen LogP contribution < -0.4 is 0 Å². The lowest BCUT2D eigenvalue weighted by atomic mass is 10.3. The minimum atomic E-state index is 1.07. The zero-order valence-electron chi connectivity index (χ0n) is 12.8. The summed E-state index contributed by atoms with van der Waals surface area (Å²) < 4.78 is 0. The van der Waals surface area contributed by atoms with Gasteiger partial charge < -0.3 is 0 Å². The minimum Gasteiger partial charge on any atom is -0.265 e. The zero-order valence-corrected chi connectivity index (χ0v) is 12.8. The highest BCUT2D eigenvalue weighted by Gasteiger charge is 1.81. The van der Waals surface area contributed by atoms with Crippen molar-refractivity contribution in [2.24, 2.45) is 0 Å². The molecule has 0 aromatic carbocycles. The average Bonchev–Trinajstić information content (AvgIpc) is 2.54. The maximum Gasteiger partial charge on any atom is 0.0372 e. The molecule has 3 aromatic heterocycles. The molecule has 108 valence electrons. The van der Waals surface area contributed by atoms with E-state index in [0.29, 0.717) is 0 Å². The normalized spacial score (nSPS) is 8.71. The van der Waals surface area contributed by atoms with Crippen molar-refractivity contribution in [2.45, 2.75) is 20.8 Å². The fourth-order valence-corrected chi connectivity index (χ4v) is 1.30. The summed E-state index contributed by atoms with van der Waals surface area (Å²) in [6.07, 6.45) is 7.16. The van der Waals surface area contributed by atoms with Crippen LogP contribution in [0.25, 0.3) is 0 Å². The summed E-state index contributed by atoms with van der Waals surface area (Å²) in [6, 6.07) is 15.6. The molecular weight excluding hydrogens is 258 g/mol. The Bertz CT molecular complexity index is 530. The Balaban J connectivity index is 0.000000159. The first kappa shape index (κ1) is 16.5. The van der Waals surface area contributed by atoms with Gasteiger partial charge >= 0.3 is 0 Å². The molecule has 0 bridgehead atoms.